The zero-order valence-electron chi connectivity index (χ0n) is 14.5. The summed E-state index contributed by atoms with van der Waals surface area (Å²) in [6, 6.07) is 3.32. The summed E-state index contributed by atoms with van der Waals surface area (Å²) in [5, 5.41) is 0. The van der Waals surface area contributed by atoms with Crippen LogP contribution in [0.1, 0.15) is 36.7 Å². The molecule has 0 atom stereocenters. The number of hydrogen-bond donors (Lipinski definition) is 1. The fraction of sp³-hybridized carbons (Fsp3) is 0.556. The Hall–Kier alpha value is -2.28. The van der Waals surface area contributed by atoms with Gasteiger partial charge in [-0.15, -0.1) is 0 Å². The van der Waals surface area contributed by atoms with Gasteiger partial charge in [0, 0.05) is 18.7 Å². The van der Waals surface area contributed by atoms with E-state index in [2.05, 4.69) is 16.8 Å². The number of ether oxygens (including phenoxy) is 2. The summed E-state index contributed by atoms with van der Waals surface area (Å²) in [7, 11) is 0. The Morgan fingerprint density at radius 1 is 1.28 bits per heavy atom. The van der Waals surface area contributed by atoms with Crippen LogP contribution in [0, 0.1) is 5.92 Å². The van der Waals surface area contributed by atoms with Crippen molar-refractivity contribution < 1.29 is 23.5 Å². The molecule has 0 spiro atoms. The van der Waals surface area contributed by atoms with E-state index < -0.39 is 5.97 Å². The minimum absolute atomic E-state index is 0.0339. The van der Waals surface area contributed by atoms with Crippen LogP contribution in [0.2, 0.25) is 0 Å². The second-order valence-corrected chi connectivity index (χ2v) is 6.51. The van der Waals surface area contributed by atoms with Gasteiger partial charge in [-0.2, -0.15) is 0 Å². The van der Waals surface area contributed by atoms with Crippen LogP contribution in [-0.4, -0.2) is 54.7 Å². The Morgan fingerprint density at radius 3 is 2.80 bits per heavy atom. The highest BCUT2D eigenvalue weighted by Crippen LogP contribution is 2.17. The lowest BCUT2D eigenvalue weighted by atomic mass is 9.99. The third-order valence-electron chi connectivity index (χ3n) is 4.55. The van der Waals surface area contributed by atoms with Crippen molar-refractivity contribution in [2.75, 3.05) is 32.8 Å². The van der Waals surface area contributed by atoms with Crippen LogP contribution >= 0.6 is 0 Å². The molecule has 1 N–H and O–H groups in total. The summed E-state index contributed by atoms with van der Waals surface area (Å²) >= 11 is 0. The van der Waals surface area contributed by atoms with Crippen molar-refractivity contribution in [1.82, 2.24) is 9.88 Å². The van der Waals surface area contributed by atoms with Crippen molar-refractivity contribution in [2.24, 2.45) is 5.92 Å². The number of esters is 2. The maximum Gasteiger partial charge on any atom is 0.355 e. The number of carbonyl (C=O) groups is 2. The SMILES string of the molecule is CC1CCN(CCC(=O)OCCOC(=O)c2cc3occc3[nH]2)CC1. The van der Waals surface area contributed by atoms with E-state index in [9.17, 15) is 9.59 Å². The molecule has 2 aromatic rings. The molecule has 3 heterocycles. The molecule has 7 nitrogen and oxygen atoms in total. The highest BCUT2D eigenvalue weighted by Gasteiger charge is 2.17. The van der Waals surface area contributed by atoms with Crippen molar-refractivity contribution in [3.05, 3.63) is 24.1 Å². The minimum Gasteiger partial charge on any atom is -0.463 e. The van der Waals surface area contributed by atoms with Crippen molar-refractivity contribution in [3.63, 3.8) is 0 Å². The van der Waals surface area contributed by atoms with Gasteiger partial charge in [0.1, 0.15) is 18.9 Å². The van der Waals surface area contributed by atoms with Gasteiger partial charge in [-0.1, -0.05) is 6.92 Å². The van der Waals surface area contributed by atoms with Gasteiger partial charge in [0.15, 0.2) is 5.58 Å². The Balaban J connectivity index is 1.29. The summed E-state index contributed by atoms with van der Waals surface area (Å²) in [4.78, 5) is 28.8. The molecule has 0 radical (unpaired) electrons. The molecule has 0 bridgehead atoms. The van der Waals surface area contributed by atoms with Gasteiger partial charge in [-0.25, -0.2) is 4.79 Å². The first kappa shape index (κ1) is 17.5. The molecule has 0 saturated carbocycles. The number of rotatable bonds is 7. The van der Waals surface area contributed by atoms with Gasteiger partial charge in [-0.3, -0.25) is 4.79 Å². The molecule has 0 amide bonds. The number of aromatic amines is 1. The van der Waals surface area contributed by atoms with Crippen molar-refractivity contribution in [2.45, 2.75) is 26.2 Å². The molecule has 0 aromatic carbocycles. The first-order valence-electron chi connectivity index (χ1n) is 8.73. The molecule has 3 rings (SSSR count). The first-order valence-corrected chi connectivity index (χ1v) is 8.73. The van der Waals surface area contributed by atoms with Crippen molar-refractivity contribution in [1.29, 1.82) is 0 Å². The molecule has 136 valence electrons. The van der Waals surface area contributed by atoms with E-state index in [1.807, 2.05) is 0 Å². The van der Waals surface area contributed by atoms with Gasteiger partial charge >= 0.3 is 11.9 Å². The lowest BCUT2D eigenvalue weighted by Gasteiger charge is -2.29. The second-order valence-electron chi connectivity index (χ2n) is 6.51. The van der Waals surface area contributed by atoms with Gasteiger partial charge in [0.05, 0.1) is 18.2 Å². The summed E-state index contributed by atoms with van der Waals surface area (Å²) < 4.78 is 15.4. The molecule has 25 heavy (non-hydrogen) atoms. The highest BCUT2D eigenvalue weighted by molar-refractivity contribution is 5.93. The number of nitrogens with zero attached hydrogens (tertiary/aromatic N) is 1. The average Bonchev–Trinajstić information content (AvgIpc) is 3.20. The summed E-state index contributed by atoms with van der Waals surface area (Å²) in [5.74, 6) is 0.0262. The maximum atomic E-state index is 11.9. The summed E-state index contributed by atoms with van der Waals surface area (Å²) in [5.41, 5.74) is 1.66. The molecule has 1 fully saturated rings. The maximum absolute atomic E-state index is 11.9. The van der Waals surface area contributed by atoms with Crippen molar-refractivity contribution >= 4 is 23.0 Å². The predicted octanol–water partition coefficient (Wildman–Crippen LogP) is 2.58. The summed E-state index contributed by atoms with van der Waals surface area (Å²) in [6.07, 6.45) is 4.29. The Bertz CT molecular complexity index is 683. The van der Waals surface area contributed by atoms with Crippen molar-refractivity contribution in [3.8, 4) is 0 Å². The topological polar surface area (TPSA) is 84.8 Å². The van der Waals surface area contributed by atoms with Gasteiger partial charge in [0.25, 0.3) is 0 Å². The van der Waals surface area contributed by atoms with Crippen LogP contribution in [0.3, 0.4) is 0 Å². The highest BCUT2D eigenvalue weighted by atomic mass is 16.6. The van der Waals surface area contributed by atoms with Crippen LogP contribution in [-0.2, 0) is 14.3 Å². The molecular formula is C18H24N2O5. The molecule has 2 aromatic heterocycles. The van der Waals surface area contributed by atoms with Crippen LogP contribution in [0.25, 0.3) is 11.1 Å². The molecule has 1 saturated heterocycles. The normalized spacial score (nSPS) is 16.2. The smallest absolute Gasteiger partial charge is 0.355 e. The number of likely N-dealkylation sites (tertiary alicyclic amines) is 1. The van der Waals surface area contributed by atoms with E-state index in [1.54, 1.807) is 18.4 Å². The Kier molecular flexibility index (Phi) is 5.75. The number of nitrogens with one attached hydrogen (secondary N) is 1. The van der Waals surface area contributed by atoms with Gasteiger partial charge < -0.3 is 23.8 Å². The largest absolute Gasteiger partial charge is 0.463 e. The molecule has 7 heteroatoms. The van der Waals surface area contributed by atoms with Crippen LogP contribution in [0.15, 0.2) is 22.8 Å². The molecule has 1 aliphatic rings. The number of furan rings is 1. The fourth-order valence-corrected chi connectivity index (χ4v) is 2.93. The number of aromatic nitrogens is 1. The van der Waals surface area contributed by atoms with E-state index >= 15 is 0 Å². The Labute approximate surface area is 146 Å². The molecular weight excluding hydrogens is 324 g/mol. The monoisotopic (exact) mass is 348 g/mol. The Morgan fingerprint density at radius 2 is 2.04 bits per heavy atom. The summed E-state index contributed by atoms with van der Waals surface area (Å²) in [6.45, 7) is 5.19. The average molecular weight is 348 g/mol. The van der Waals surface area contributed by atoms with Gasteiger partial charge in [-0.05, 0) is 31.8 Å². The number of piperidine rings is 1. The number of hydrogen-bond acceptors (Lipinski definition) is 6. The van der Waals surface area contributed by atoms with E-state index in [-0.39, 0.29) is 19.2 Å². The fourth-order valence-electron chi connectivity index (χ4n) is 2.93. The first-order chi connectivity index (χ1) is 12.1. The van der Waals surface area contributed by atoms with E-state index in [0.29, 0.717) is 17.7 Å². The van der Waals surface area contributed by atoms with E-state index in [4.69, 9.17) is 13.9 Å². The van der Waals surface area contributed by atoms with Crippen LogP contribution in [0.5, 0.6) is 0 Å². The van der Waals surface area contributed by atoms with E-state index in [1.165, 1.54) is 12.8 Å². The minimum atomic E-state index is -0.495. The van der Waals surface area contributed by atoms with Crippen LogP contribution in [0.4, 0.5) is 0 Å². The van der Waals surface area contributed by atoms with Gasteiger partial charge in [0.2, 0.25) is 0 Å². The standard InChI is InChI=1S/C18H24N2O5/c1-13-2-6-20(7-3-13)8-4-17(21)24-10-11-25-18(22)15-12-16-14(19-15)5-9-23-16/h5,9,12-13,19H,2-4,6-8,10-11H2,1H3. The number of carbonyl (C=O) groups excluding carboxylic acids is 2. The second kappa shape index (κ2) is 8.20. The zero-order valence-corrected chi connectivity index (χ0v) is 14.5. The zero-order chi connectivity index (χ0) is 17.6. The number of H-pyrrole nitrogens is 1. The van der Waals surface area contributed by atoms with Crippen LogP contribution < -0.4 is 0 Å². The molecule has 1 aliphatic heterocycles. The lowest BCUT2D eigenvalue weighted by Crippen LogP contribution is -2.34. The molecule has 0 aliphatic carbocycles. The lowest BCUT2D eigenvalue weighted by molar-refractivity contribution is -0.145. The predicted molar refractivity (Wildman–Crippen MR) is 91.3 cm³/mol. The third kappa shape index (κ3) is 4.85. The quantitative estimate of drug-likeness (QED) is 0.611. The number of fused-ring (bicyclic) bond motifs is 1. The molecule has 0 unspecified atom stereocenters. The third-order valence-corrected chi connectivity index (χ3v) is 4.55. The van der Waals surface area contributed by atoms with E-state index in [0.717, 1.165) is 31.1 Å².